The number of aromatic nitrogens is 2. The number of nitrogens with zero attached hydrogens (tertiary/aromatic N) is 3. The van der Waals surface area contributed by atoms with Gasteiger partial charge < -0.3 is 0 Å². The van der Waals surface area contributed by atoms with Crippen LogP contribution in [0.25, 0.3) is 5.69 Å². The van der Waals surface area contributed by atoms with Gasteiger partial charge in [-0.25, -0.2) is 4.68 Å². The summed E-state index contributed by atoms with van der Waals surface area (Å²) in [4.78, 5) is 9.73. The highest BCUT2D eigenvalue weighted by molar-refractivity contribution is 6.38. The van der Waals surface area contributed by atoms with E-state index in [0.717, 1.165) is 0 Å². The topological polar surface area (TPSA) is 61.0 Å². The van der Waals surface area contributed by atoms with Crippen LogP contribution in [0.15, 0.2) is 18.2 Å². The number of nitro groups is 1. The normalized spacial score (nSPS) is 12.5. The minimum atomic E-state index is -5.20. The minimum absolute atomic E-state index is 0.142. The summed E-state index contributed by atoms with van der Waals surface area (Å²) in [6, 6.07) is 1.09. The van der Waals surface area contributed by atoms with E-state index in [2.05, 4.69) is 5.10 Å². The van der Waals surface area contributed by atoms with Crippen LogP contribution in [0.4, 0.5) is 32.0 Å². The Labute approximate surface area is 138 Å². The van der Waals surface area contributed by atoms with Gasteiger partial charge in [-0.05, 0) is 0 Å². The zero-order valence-corrected chi connectivity index (χ0v) is 12.4. The van der Waals surface area contributed by atoms with Crippen molar-refractivity contribution in [2.75, 3.05) is 0 Å². The van der Waals surface area contributed by atoms with Gasteiger partial charge in [-0.3, -0.25) is 10.1 Å². The van der Waals surface area contributed by atoms with E-state index in [4.69, 9.17) is 23.2 Å². The van der Waals surface area contributed by atoms with Crippen molar-refractivity contribution >= 4 is 28.9 Å². The summed E-state index contributed by atoms with van der Waals surface area (Å²) < 4.78 is 76.8. The van der Waals surface area contributed by atoms with Crippen LogP contribution < -0.4 is 0 Å². The molecule has 0 N–H and O–H groups in total. The van der Waals surface area contributed by atoms with Crippen LogP contribution in [0, 0.1) is 10.1 Å². The average Bonchev–Trinajstić information content (AvgIpc) is 2.82. The number of hydrogen-bond acceptors (Lipinski definition) is 3. The number of non-ortho nitro benzene ring substituents is 1. The van der Waals surface area contributed by atoms with Crippen molar-refractivity contribution in [3.05, 3.63) is 49.7 Å². The van der Waals surface area contributed by atoms with Gasteiger partial charge in [-0.15, -0.1) is 0 Å². The Hall–Kier alpha value is -2.01. The number of nitro benzene ring substituents is 1. The molecular weight excluding hydrogens is 391 g/mol. The van der Waals surface area contributed by atoms with Crippen LogP contribution in [0.2, 0.25) is 10.0 Å². The maximum Gasteiger partial charge on any atom is 0.435 e. The zero-order chi connectivity index (χ0) is 18.4. The molecule has 0 saturated heterocycles. The summed E-state index contributed by atoms with van der Waals surface area (Å²) in [6.45, 7) is 0. The Bertz CT molecular complexity index is 792. The molecule has 0 saturated carbocycles. The molecule has 0 aliphatic rings. The summed E-state index contributed by atoms with van der Waals surface area (Å²) in [5.41, 5.74) is -5.01. The molecule has 2 rings (SSSR count). The van der Waals surface area contributed by atoms with Crippen LogP contribution in [-0.2, 0) is 12.4 Å². The molecule has 0 fully saturated rings. The second kappa shape index (κ2) is 5.81. The second-order valence-corrected chi connectivity index (χ2v) is 5.15. The molecule has 0 radical (unpaired) electrons. The fourth-order valence-electron chi connectivity index (χ4n) is 1.75. The van der Waals surface area contributed by atoms with Gasteiger partial charge in [0, 0.05) is 18.2 Å². The summed E-state index contributed by atoms with van der Waals surface area (Å²) in [5.74, 6) is 0. The molecule has 0 aliphatic heterocycles. The van der Waals surface area contributed by atoms with Crippen molar-refractivity contribution in [3.63, 3.8) is 0 Å². The lowest BCUT2D eigenvalue weighted by Gasteiger charge is -2.12. The summed E-state index contributed by atoms with van der Waals surface area (Å²) >= 11 is 11.3. The molecular formula is C11H3Cl2F6N3O2. The van der Waals surface area contributed by atoms with Gasteiger partial charge in [0.25, 0.3) is 5.69 Å². The largest absolute Gasteiger partial charge is 0.435 e. The molecule has 130 valence electrons. The van der Waals surface area contributed by atoms with E-state index in [1.54, 1.807) is 0 Å². The molecule has 0 amide bonds. The van der Waals surface area contributed by atoms with Crippen LogP contribution in [-0.4, -0.2) is 14.7 Å². The summed E-state index contributed by atoms with van der Waals surface area (Å²) in [5, 5.41) is 12.2. The third kappa shape index (κ3) is 3.41. The van der Waals surface area contributed by atoms with Gasteiger partial charge in [0.1, 0.15) is 11.4 Å². The summed E-state index contributed by atoms with van der Waals surface area (Å²) in [6.07, 6.45) is -10.4. The second-order valence-electron chi connectivity index (χ2n) is 4.34. The molecule has 1 aromatic carbocycles. The first kappa shape index (κ1) is 18.3. The van der Waals surface area contributed by atoms with Crippen molar-refractivity contribution in [1.29, 1.82) is 0 Å². The molecule has 5 nitrogen and oxygen atoms in total. The predicted molar refractivity (Wildman–Crippen MR) is 70.2 cm³/mol. The van der Waals surface area contributed by atoms with Crippen LogP contribution in [0.3, 0.4) is 0 Å². The maximum atomic E-state index is 13.0. The van der Waals surface area contributed by atoms with E-state index < -0.39 is 50.1 Å². The van der Waals surface area contributed by atoms with Gasteiger partial charge in [-0.1, -0.05) is 23.2 Å². The molecule has 0 unspecified atom stereocenters. The highest BCUT2D eigenvalue weighted by Gasteiger charge is 2.42. The highest BCUT2D eigenvalue weighted by Crippen LogP contribution is 2.40. The first-order valence-electron chi connectivity index (χ1n) is 5.70. The number of hydrogen-bond donors (Lipinski definition) is 0. The molecule has 0 spiro atoms. The van der Waals surface area contributed by atoms with Crippen LogP contribution in [0.5, 0.6) is 0 Å². The van der Waals surface area contributed by atoms with Crippen molar-refractivity contribution in [2.45, 2.75) is 12.4 Å². The lowest BCUT2D eigenvalue weighted by atomic mass is 10.2. The zero-order valence-electron chi connectivity index (χ0n) is 10.9. The number of benzene rings is 1. The Morgan fingerprint density at radius 1 is 1.00 bits per heavy atom. The van der Waals surface area contributed by atoms with Crippen molar-refractivity contribution in [2.24, 2.45) is 0 Å². The standard InChI is InChI=1S/C11H3Cl2F6N3O2/c12-5-1-4(22(23)24)2-6(13)9(5)21-8(11(17,18)19)3-7(20-21)10(14,15)16/h1-3H. The van der Waals surface area contributed by atoms with Crippen LogP contribution in [0.1, 0.15) is 11.4 Å². The molecule has 1 aromatic heterocycles. The van der Waals surface area contributed by atoms with Crippen molar-refractivity contribution in [1.82, 2.24) is 9.78 Å². The van der Waals surface area contributed by atoms with E-state index in [1.807, 2.05) is 0 Å². The van der Waals surface area contributed by atoms with Crippen molar-refractivity contribution < 1.29 is 31.3 Å². The van der Waals surface area contributed by atoms with E-state index in [1.165, 1.54) is 0 Å². The van der Waals surface area contributed by atoms with Gasteiger partial charge in [0.2, 0.25) is 0 Å². The predicted octanol–water partition coefficient (Wildman–Crippen LogP) is 5.12. The van der Waals surface area contributed by atoms with Gasteiger partial charge in [-0.2, -0.15) is 31.4 Å². The van der Waals surface area contributed by atoms with E-state index in [-0.39, 0.29) is 10.7 Å². The molecule has 24 heavy (non-hydrogen) atoms. The maximum absolute atomic E-state index is 13.0. The quantitative estimate of drug-likeness (QED) is 0.403. The lowest BCUT2D eigenvalue weighted by Crippen LogP contribution is -2.14. The first-order valence-corrected chi connectivity index (χ1v) is 6.46. The smallest absolute Gasteiger partial charge is 0.258 e. The number of halogens is 8. The van der Waals surface area contributed by atoms with Gasteiger partial charge >= 0.3 is 12.4 Å². The molecule has 13 heteroatoms. The summed E-state index contributed by atoms with van der Waals surface area (Å²) in [7, 11) is 0. The molecule has 0 bridgehead atoms. The number of alkyl halides is 6. The fraction of sp³-hybridized carbons (Fsp3) is 0.182. The van der Waals surface area contributed by atoms with E-state index in [9.17, 15) is 36.5 Å². The fourth-order valence-corrected chi connectivity index (χ4v) is 2.39. The van der Waals surface area contributed by atoms with Crippen LogP contribution >= 0.6 is 23.2 Å². The third-order valence-electron chi connectivity index (χ3n) is 2.71. The molecule has 1 heterocycles. The lowest BCUT2D eigenvalue weighted by molar-refractivity contribution is -0.384. The molecule has 2 aromatic rings. The van der Waals surface area contributed by atoms with Gasteiger partial charge in [0.15, 0.2) is 5.69 Å². The first-order chi connectivity index (χ1) is 10.8. The Morgan fingerprint density at radius 3 is 1.88 bits per heavy atom. The van der Waals surface area contributed by atoms with E-state index >= 15 is 0 Å². The SMILES string of the molecule is O=[N+]([O-])c1cc(Cl)c(-n2nc(C(F)(F)F)cc2C(F)(F)F)c(Cl)c1. The van der Waals surface area contributed by atoms with E-state index in [0.29, 0.717) is 12.1 Å². The molecule has 0 atom stereocenters. The van der Waals surface area contributed by atoms with Gasteiger partial charge in [0.05, 0.1) is 15.0 Å². The van der Waals surface area contributed by atoms with Crippen molar-refractivity contribution in [3.8, 4) is 5.69 Å². The Morgan fingerprint density at radius 2 is 1.50 bits per heavy atom. The Balaban J connectivity index is 2.77. The highest BCUT2D eigenvalue weighted by atomic mass is 35.5. The molecule has 0 aliphatic carbocycles. The monoisotopic (exact) mass is 393 g/mol. The average molecular weight is 394 g/mol. The Kier molecular flexibility index (Phi) is 4.44. The third-order valence-corrected chi connectivity index (χ3v) is 3.29. The minimum Gasteiger partial charge on any atom is -0.258 e. The number of rotatable bonds is 2.